The van der Waals surface area contributed by atoms with Crippen molar-refractivity contribution in [1.82, 2.24) is 0 Å². The summed E-state index contributed by atoms with van der Waals surface area (Å²) in [6.07, 6.45) is -6.25. The number of benzene rings is 2. The molecular formula is C14H9F5O. The van der Waals surface area contributed by atoms with Gasteiger partial charge in [0.15, 0.2) is 0 Å². The van der Waals surface area contributed by atoms with Gasteiger partial charge in [0.2, 0.25) is 0 Å². The van der Waals surface area contributed by atoms with E-state index in [1.165, 1.54) is 6.07 Å². The third kappa shape index (κ3) is 2.96. The summed E-state index contributed by atoms with van der Waals surface area (Å²) in [4.78, 5) is 0. The monoisotopic (exact) mass is 288 g/mol. The zero-order valence-corrected chi connectivity index (χ0v) is 9.96. The van der Waals surface area contributed by atoms with E-state index in [4.69, 9.17) is 0 Å². The van der Waals surface area contributed by atoms with E-state index in [1.54, 1.807) is 0 Å². The van der Waals surface area contributed by atoms with Crippen molar-refractivity contribution >= 4 is 0 Å². The highest BCUT2D eigenvalue weighted by Crippen LogP contribution is 2.32. The first-order valence-corrected chi connectivity index (χ1v) is 5.59. The van der Waals surface area contributed by atoms with Gasteiger partial charge in [-0.15, -0.1) is 0 Å². The van der Waals surface area contributed by atoms with Gasteiger partial charge < -0.3 is 5.11 Å². The van der Waals surface area contributed by atoms with Gasteiger partial charge in [0.05, 0.1) is 5.56 Å². The van der Waals surface area contributed by atoms with Gasteiger partial charge in [-0.25, -0.2) is 8.78 Å². The number of hydrogen-bond acceptors (Lipinski definition) is 1. The summed E-state index contributed by atoms with van der Waals surface area (Å²) < 4.78 is 64.2. The largest absolute Gasteiger partial charge is 0.416 e. The normalized spacial score (nSPS) is 13.3. The number of aliphatic hydroxyl groups excluding tert-OH is 1. The quantitative estimate of drug-likeness (QED) is 0.826. The molecule has 0 aromatic heterocycles. The maximum absolute atomic E-state index is 13.5. The fraction of sp³-hybridized carbons (Fsp3) is 0.143. The van der Waals surface area contributed by atoms with Gasteiger partial charge >= 0.3 is 6.18 Å². The van der Waals surface area contributed by atoms with E-state index in [-0.39, 0.29) is 5.56 Å². The molecule has 1 nitrogen and oxygen atoms in total. The molecule has 20 heavy (non-hydrogen) atoms. The first kappa shape index (κ1) is 14.5. The number of rotatable bonds is 2. The molecule has 0 aliphatic heterocycles. The van der Waals surface area contributed by atoms with Crippen molar-refractivity contribution in [2.24, 2.45) is 0 Å². The Morgan fingerprint density at radius 1 is 0.950 bits per heavy atom. The average Bonchev–Trinajstić information content (AvgIpc) is 2.40. The summed E-state index contributed by atoms with van der Waals surface area (Å²) in [5.41, 5.74) is -1.54. The molecule has 0 heterocycles. The van der Waals surface area contributed by atoms with Crippen molar-refractivity contribution < 1.29 is 27.1 Å². The van der Waals surface area contributed by atoms with Crippen LogP contribution in [-0.2, 0) is 6.18 Å². The maximum Gasteiger partial charge on any atom is 0.416 e. The van der Waals surface area contributed by atoms with Crippen molar-refractivity contribution in [3.05, 3.63) is 70.8 Å². The average molecular weight is 288 g/mol. The molecule has 1 N–H and O–H groups in total. The standard InChI is InChI=1S/C14H9F5O/c15-10-4-5-12(16)11(7-10)13(20)8-2-1-3-9(6-8)14(17,18)19/h1-7,13,20H. The van der Waals surface area contributed by atoms with Crippen LogP contribution in [0.1, 0.15) is 22.8 Å². The van der Waals surface area contributed by atoms with Gasteiger partial charge in [0.25, 0.3) is 0 Å². The smallest absolute Gasteiger partial charge is 0.384 e. The predicted octanol–water partition coefficient (Wildman–Crippen LogP) is 4.07. The second kappa shape index (κ2) is 5.20. The lowest BCUT2D eigenvalue weighted by atomic mass is 9.99. The minimum absolute atomic E-state index is 0.163. The van der Waals surface area contributed by atoms with Crippen LogP contribution < -0.4 is 0 Å². The van der Waals surface area contributed by atoms with E-state index in [0.29, 0.717) is 6.07 Å². The van der Waals surface area contributed by atoms with E-state index >= 15 is 0 Å². The molecule has 0 fully saturated rings. The molecule has 0 spiro atoms. The summed E-state index contributed by atoms with van der Waals surface area (Å²) in [5, 5.41) is 9.91. The topological polar surface area (TPSA) is 20.2 Å². The SMILES string of the molecule is OC(c1cccc(C(F)(F)F)c1)c1cc(F)ccc1F. The van der Waals surface area contributed by atoms with Crippen LogP contribution in [0.15, 0.2) is 42.5 Å². The molecule has 0 radical (unpaired) electrons. The predicted molar refractivity (Wildman–Crippen MR) is 61.9 cm³/mol. The lowest BCUT2D eigenvalue weighted by Gasteiger charge is -2.14. The molecule has 6 heteroatoms. The van der Waals surface area contributed by atoms with Crippen molar-refractivity contribution in [1.29, 1.82) is 0 Å². The van der Waals surface area contributed by atoms with Gasteiger partial charge in [0, 0.05) is 5.56 Å². The van der Waals surface area contributed by atoms with Crippen LogP contribution in [0.2, 0.25) is 0 Å². The zero-order chi connectivity index (χ0) is 14.9. The van der Waals surface area contributed by atoms with Crippen LogP contribution >= 0.6 is 0 Å². The van der Waals surface area contributed by atoms with Crippen LogP contribution in [-0.4, -0.2) is 5.11 Å². The van der Waals surface area contributed by atoms with Gasteiger partial charge in [-0.3, -0.25) is 0 Å². The Balaban J connectivity index is 2.43. The fourth-order valence-electron chi connectivity index (χ4n) is 1.79. The Morgan fingerprint density at radius 2 is 1.65 bits per heavy atom. The van der Waals surface area contributed by atoms with E-state index in [9.17, 15) is 27.1 Å². The molecular weight excluding hydrogens is 279 g/mol. The first-order valence-electron chi connectivity index (χ1n) is 5.59. The molecule has 0 saturated carbocycles. The number of alkyl halides is 3. The maximum atomic E-state index is 13.5. The van der Waals surface area contributed by atoms with Gasteiger partial charge in [-0.2, -0.15) is 13.2 Å². The highest BCUT2D eigenvalue weighted by Gasteiger charge is 2.31. The minimum Gasteiger partial charge on any atom is -0.384 e. The molecule has 2 rings (SSSR count). The lowest BCUT2D eigenvalue weighted by Crippen LogP contribution is -2.08. The molecule has 1 atom stereocenters. The summed E-state index contributed by atoms with van der Waals surface area (Å²) in [5.74, 6) is -1.68. The van der Waals surface area contributed by atoms with Crippen LogP contribution in [0.3, 0.4) is 0 Å². The number of hydrogen-bond donors (Lipinski definition) is 1. The summed E-state index contributed by atoms with van der Waals surface area (Å²) in [6.45, 7) is 0. The molecule has 0 saturated heterocycles. The Labute approximate surface area is 111 Å². The fourth-order valence-corrected chi connectivity index (χ4v) is 1.79. The summed E-state index contributed by atoms with van der Waals surface area (Å²) in [7, 11) is 0. The zero-order valence-electron chi connectivity index (χ0n) is 9.96. The molecule has 1 unspecified atom stereocenters. The Bertz CT molecular complexity index is 621. The molecule has 106 valence electrons. The molecule has 2 aromatic carbocycles. The van der Waals surface area contributed by atoms with Gasteiger partial charge in [-0.1, -0.05) is 12.1 Å². The Hall–Kier alpha value is -1.95. The lowest BCUT2D eigenvalue weighted by molar-refractivity contribution is -0.137. The second-order valence-electron chi connectivity index (χ2n) is 4.19. The van der Waals surface area contributed by atoms with E-state index in [1.807, 2.05) is 0 Å². The molecule has 2 aromatic rings. The molecule has 0 aliphatic rings. The highest BCUT2D eigenvalue weighted by molar-refractivity contribution is 5.34. The van der Waals surface area contributed by atoms with E-state index < -0.39 is 35.0 Å². The summed E-state index contributed by atoms with van der Waals surface area (Å²) >= 11 is 0. The van der Waals surface area contributed by atoms with Crippen molar-refractivity contribution in [2.75, 3.05) is 0 Å². The molecule has 0 amide bonds. The number of aliphatic hydroxyl groups is 1. The highest BCUT2D eigenvalue weighted by atomic mass is 19.4. The van der Waals surface area contributed by atoms with E-state index in [2.05, 4.69) is 0 Å². The van der Waals surface area contributed by atoms with Crippen molar-refractivity contribution in [3.8, 4) is 0 Å². The van der Waals surface area contributed by atoms with Crippen molar-refractivity contribution in [2.45, 2.75) is 12.3 Å². The third-order valence-electron chi connectivity index (χ3n) is 2.78. The van der Waals surface area contributed by atoms with Crippen LogP contribution in [0, 0.1) is 11.6 Å². The summed E-state index contributed by atoms with van der Waals surface area (Å²) in [6, 6.07) is 6.26. The minimum atomic E-state index is -4.57. The van der Waals surface area contributed by atoms with Crippen LogP contribution in [0.25, 0.3) is 0 Å². The van der Waals surface area contributed by atoms with Gasteiger partial charge in [0.1, 0.15) is 17.7 Å². The van der Waals surface area contributed by atoms with Crippen molar-refractivity contribution in [3.63, 3.8) is 0 Å². The van der Waals surface area contributed by atoms with Crippen LogP contribution in [0.5, 0.6) is 0 Å². The number of halogens is 5. The molecule has 0 aliphatic carbocycles. The first-order chi connectivity index (χ1) is 9.29. The third-order valence-corrected chi connectivity index (χ3v) is 2.78. The second-order valence-corrected chi connectivity index (χ2v) is 4.19. The molecule has 0 bridgehead atoms. The Kier molecular flexibility index (Phi) is 3.76. The Morgan fingerprint density at radius 3 is 2.30 bits per heavy atom. The van der Waals surface area contributed by atoms with E-state index in [0.717, 1.165) is 30.3 Å². The van der Waals surface area contributed by atoms with Crippen LogP contribution in [0.4, 0.5) is 22.0 Å². The van der Waals surface area contributed by atoms with Gasteiger partial charge in [-0.05, 0) is 35.9 Å².